The van der Waals surface area contributed by atoms with Crippen LogP contribution < -0.4 is 5.73 Å². The summed E-state index contributed by atoms with van der Waals surface area (Å²) in [6.45, 7) is 3.84. The van der Waals surface area contributed by atoms with Crippen molar-refractivity contribution in [3.05, 3.63) is 0 Å². The highest BCUT2D eigenvalue weighted by Gasteiger charge is 2.39. The first-order chi connectivity index (χ1) is 7.20. The minimum absolute atomic E-state index is 0.363. The maximum absolute atomic E-state index is 11.9. The summed E-state index contributed by atoms with van der Waals surface area (Å²) >= 11 is 0. The van der Waals surface area contributed by atoms with Gasteiger partial charge in [-0.1, -0.05) is 6.92 Å². The molecule has 2 rings (SSSR count). The zero-order valence-corrected chi connectivity index (χ0v) is 9.61. The number of nitrogens with zero attached hydrogens (tertiary/aromatic N) is 1. The molecule has 86 valence electrons. The van der Waals surface area contributed by atoms with E-state index in [1.807, 2.05) is 0 Å². The van der Waals surface area contributed by atoms with Crippen LogP contribution in [-0.2, 0) is 4.79 Å². The molecule has 2 aliphatic rings. The smallest absolute Gasteiger partial charge is 0.222 e. The van der Waals surface area contributed by atoms with Crippen LogP contribution in [0, 0.1) is 11.8 Å². The number of carbonyl (C=O) groups is 1. The molecular weight excluding hydrogens is 188 g/mol. The highest BCUT2D eigenvalue weighted by Crippen LogP contribution is 2.37. The highest BCUT2D eigenvalue weighted by molar-refractivity contribution is 5.77. The van der Waals surface area contributed by atoms with Crippen molar-refractivity contribution < 1.29 is 4.79 Å². The summed E-state index contributed by atoms with van der Waals surface area (Å²) in [5, 5.41) is 0. The fraction of sp³-hybridized carbons (Fsp3) is 0.917. The van der Waals surface area contributed by atoms with E-state index in [-0.39, 0.29) is 0 Å². The van der Waals surface area contributed by atoms with Gasteiger partial charge in [0.05, 0.1) is 0 Å². The van der Waals surface area contributed by atoms with Gasteiger partial charge in [-0.05, 0) is 44.1 Å². The molecular formula is C12H22N2O. The summed E-state index contributed by atoms with van der Waals surface area (Å²) in [5.41, 5.74) is 5.55. The summed E-state index contributed by atoms with van der Waals surface area (Å²) in [6, 6.07) is 0.579. The Kier molecular flexibility index (Phi) is 3.29. The zero-order chi connectivity index (χ0) is 10.8. The van der Waals surface area contributed by atoms with Crippen LogP contribution in [0.5, 0.6) is 0 Å². The summed E-state index contributed by atoms with van der Waals surface area (Å²) in [7, 11) is 0. The van der Waals surface area contributed by atoms with Crippen LogP contribution in [0.3, 0.4) is 0 Å². The van der Waals surface area contributed by atoms with Gasteiger partial charge in [0, 0.05) is 19.0 Å². The van der Waals surface area contributed by atoms with Gasteiger partial charge in [-0.3, -0.25) is 4.79 Å². The van der Waals surface area contributed by atoms with Crippen molar-refractivity contribution in [1.29, 1.82) is 0 Å². The van der Waals surface area contributed by atoms with Crippen LogP contribution in [0.2, 0.25) is 0 Å². The van der Waals surface area contributed by atoms with Crippen LogP contribution in [0.15, 0.2) is 0 Å². The van der Waals surface area contributed by atoms with E-state index in [9.17, 15) is 4.79 Å². The van der Waals surface area contributed by atoms with Gasteiger partial charge in [0.15, 0.2) is 0 Å². The lowest BCUT2D eigenvalue weighted by Gasteiger charge is -2.27. The number of hydrogen-bond donors (Lipinski definition) is 1. The molecule has 0 aromatic rings. The van der Waals surface area contributed by atoms with Gasteiger partial charge in [0.1, 0.15) is 0 Å². The van der Waals surface area contributed by atoms with Gasteiger partial charge in [0.2, 0.25) is 5.91 Å². The predicted octanol–water partition coefficient (Wildman–Crippen LogP) is 1.37. The number of carbonyl (C=O) groups excluding carboxylic acids is 1. The molecule has 2 fully saturated rings. The van der Waals surface area contributed by atoms with Gasteiger partial charge >= 0.3 is 0 Å². The standard InChI is InChI=1S/C12H22N2O/c1-9(7-13)2-5-12(15)14-8-10-3-4-11(14)6-10/h9-11H,2-8,13H2,1H3. The molecule has 3 nitrogen and oxygen atoms in total. The average Bonchev–Trinajstić information content (AvgIpc) is 2.86. The molecule has 1 amide bonds. The first kappa shape index (κ1) is 10.9. The number of piperidine rings is 1. The number of likely N-dealkylation sites (tertiary alicyclic amines) is 1. The molecule has 1 heterocycles. The van der Waals surface area contributed by atoms with E-state index >= 15 is 0 Å². The minimum Gasteiger partial charge on any atom is -0.339 e. The van der Waals surface area contributed by atoms with Gasteiger partial charge < -0.3 is 10.6 Å². The molecule has 3 heteroatoms. The van der Waals surface area contributed by atoms with E-state index in [1.165, 1.54) is 19.3 Å². The molecule has 2 N–H and O–H groups in total. The lowest BCUT2D eigenvalue weighted by molar-refractivity contribution is -0.133. The lowest BCUT2D eigenvalue weighted by Crippen LogP contribution is -2.37. The number of rotatable bonds is 4. The second-order valence-electron chi connectivity index (χ2n) is 5.26. The molecule has 1 aliphatic heterocycles. The fourth-order valence-corrected chi connectivity index (χ4v) is 2.86. The minimum atomic E-state index is 0.363. The Morgan fingerprint density at radius 1 is 1.53 bits per heavy atom. The first-order valence-electron chi connectivity index (χ1n) is 6.20. The van der Waals surface area contributed by atoms with Gasteiger partial charge in [-0.2, -0.15) is 0 Å². The van der Waals surface area contributed by atoms with Crippen molar-refractivity contribution in [2.45, 2.75) is 45.1 Å². The van der Waals surface area contributed by atoms with E-state index in [1.54, 1.807) is 0 Å². The molecule has 1 saturated carbocycles. The van der Waals surface area contributed by atoms with Crippen LogP contribution in [0.25, 0.3) is 0 Å². The third-order valence-corrected chi connectivity index (χ3v) is 3.98. The largest absolute Gasteiger partial charge is 0.339 e. The van der Waals surface area contributed by atoms with Crippen molar-refractivity contribution in [2.24, 2.45) is 17.6 Å². The van der Waals surface area contributed by atoms with Crippen LogP contribution in [0.4, 0.5) is 0 Å². The molecule has 3 unspecified atom stereocenters. The Labute approximate surface area is 92.0 Å². The molecule has 3 atom stereocenters. The van der Waals surface area contributed by atoms with E-state index < -0.39 is 0 Å². The molecule has 1 aliphatic carbocycles. The Morgan fingerprint density at radius 2 is 2.33 bits per heavy atom. The quantitative estimate of drug-likeness (QED) is 0.762. The van der Waals surface area contributed by atoms with E-state index in [0.717, 1.165) is 18.9 Å². The van der Waals surface area contributed by atoms with Crippen LogP contribution in [0.1, 0.15) is 39.0 Å². The molecule has 0 spiro atoms. The second-order valence-corrected chi connectivity index (χ2v) is 5.26. The van der Waals surface area contributed by atoms with E-state index in [2.05, 4.69) is 11.8 Å². The predicted molar refractivity (Wildman–Crippen MR) is 60.3 cm³/mol. The fourth-order valence-electron chi connectivity index (χ4n) is 2.86. The van der Waals surface area contributed by atoms with Gasteiger partial charge in [0.25, 0.3) is 0 Å². The van der Waals surface area contributed by atoms with Gasteiger partial charge in [-0.25, -0.2) is 0 Å². The third kappa shape index (κ3) is 2.33. The summed E-state index contributed by atoms with van der Waals surface area (Å²) in [4.78, 5) is 14.1. The zero-order valence-electron chi connectivity index (χ0n) is 9.61. The Morgan fingerprint density at radius 3 is 2.87 bits per heavy atom. The molecule has 15 heavy (non-hydrogen) atoms. The Balaban J connectivity index is 1.77. The van der Waals surface area contributed by atoms with Crippen molar-refractivity contribution in [1.82, 2.24) is 4.90 Å². The maximum atomic E-state index is 11.9. The van der Waals surface area contributed by atoms with Crippen molar-refractivity contribution >= 4 is 5.91 Å². The highest BCUT2D eigenvalue weighted by atomic mass is 16.2. The summed E-state index contributed by atoms with van der Waals surface area (Å²) < 4.78 is 0. The van der Waals surface area contributed by atoms with Crippen LogP contribution in [-0.4, -0.2) is 29.9 Å². The summed E-state index contributed by atoms with van der Waals surface area (Å²) in [6.07, 6.45) is 5.49. The number of amides is 1. The van der Waals surface area contributed by atoms with Crippen molar-refractivity contribution in [2.75, 3.05) is 13.1 Å². The van der Waals surface area contributed by atoms with Crippen molar-refractivity contribution in [3.8, 4) is 0 Å². The van der Waals surface area contributed by atoms with Gasteiger partial charge in [-0.15, -0.1) is 0 Å². The molecule has 0 aromatic carbocycles. The summed E-state index contributed by atoms with van der Waals surface area (Å²) in [5.74, 6) is 1.65. The van der Waals surface area contributed by atoms with Crippen LogP contribution >= 0.6 is 0 Å². The average molecular weight is 210 g/mol. The number of fused-ring (bicyclic) bond motifs is 2. The maximum Gasteiger partial charge on any atom is 0.222 e. The molecule has 2 bridgehead atoms. The topological polar surface area (TPSA) is 46.3 Å². The normalized spacial score (nSPS) is 30.9. The number of hydrogen-bond acceptors (Lipinski definition) is 2. The van der Waals surface area contributed by atoms with Crippen molar-refractivity contribution in [3.63, 3.8) is 0 Å². The first-order valence-corrected chi connectivity index (χ1v) is 6.20. The lowest BCUT2D eigenvalue weighted by atomic mass is 10.0. The van der Waals surface area contributed by atoms with E-state index in [0.29, 0.717) is 30.8 Å². The monoisotopic (exact) mass is 210 g/mol. The molecule has 0 aromatic heterocycles. The Bertz CT molecular complexity index is 242. The number of nitrogens with two attached hydrogens (primary N) is 1. The molecule has 0 radical (unpaired) electrons. The SMILES string of the molecule is CC(CN)CCC(=O)N1CC2CCC1C2. The second kappa shape index (κ2) is 4.52. The molecule has 1 saturated heterocycles. The van der Waals surface area contributed by atoms with E-state index in [4.69, 9.17) is 5.73 Å². The Hall–Kier alpha value is -0.570. The third-order valence-electron chi connectivity index (χ3n) is 3.98.